The number of benzene rings is 2. The predicted molar refractivity (Wildman–Crippen MR) is 94.1 cm³/mol. The molecule has 0 bridgehead atoms. The second-order valence-corrected chi connectivity index (χ2v) is 5.60. The largest absolute Gasteiger partial charge is 0.493 e. The summed E-state index contributed by atoms with van der Waals surface area (Å²) >= 11 is 5.97. The second kappa shape index (κ2) is 6.45. The molecular formula is C18H16ClNO4. The summed E-state index contributed by atoms with van der Waals surface area (Å²) in [7, 11) is 4.64. The average Bonchev–Trinajstić information content (AvgIpc) is 2.88. The van der Waals surface area contributed by atoms with Crippen LogP contribution in [0.25, 0.3) is 11.6 Å². The molecule has 0 unspecified atom stereocenters. The van der Waals surface area contributed by atoms with E-state index < -0.39 is 0 Å². The van der Waals surface area contributed by atoms with Crippen molar-refractivity contribution < 1.29 is 19.0 Å². The second-order valence-electron chi connectivity index (χ2n) is 5.16. The van der Waals surface area contributed by atoms with Gasteiger partial charge in [0, 0.05) is 16.2 Å². The number of ether oxygens (including phenoxy) is 3. The van der Waals surface area contributed by atoms with Crippen LogP contribution in [0.3, 0.4) is 0 Å². The minimum atomic E-state index is -0.180. The van der Waals surface area contributed by atoms with Crippen LogP contribution in [0.4, 0.5) is 5.69 Å². The normalized spacial score (nSPS) is 14.3. The van der Waals surface area contributed by atoms with Gasteiger partial charge in [-0.15, -0.1) is 0 Å². The molecule has 24 heavy (non-hydrogen) atoms. The van der Waals surface area contributed by atoms with Crippen molar-refractivity contribution in [3.05, 3.63) is 46.5 Å². The molecule has 6 heteroatoms. The van der Waals surface area contributed by atoms with E-state index in [2.05, 4.69) is 5.32 Å². The van der Waals surface area contributed by atoms with Gasteiger partial charge in [0.15, 0.2) is 11.5 Å². The number of hydrogen-bond acceptors (Lipinski definition) is 4. The number of methoxy groups -OCH3 is 3. The maximum atomic E-state index is 12.3. The highest BCUT2D eigenvalue weighted by atomic mass is 35.5. The third-order valence-electron chi connectivity index (χ3n) is 3.76. The van der Waals surface area contributed by atoms with Gasteiger partial charge in [-0.05, 0) is 35.9 Å². The van der Waals surface area contributed by atoms with E-state index in [9.17, 15) is 4.79 Å². The highest BCUT2D eigenvalue weighted by molar-refractivity contribution is 6.36. The summed E-state index contributed by atoms with van der Waals surface area (Å²) in [6, 6.07) is 8.87. The molecule has 0 spiro atoms. The van der Waals surface area contributed by atoms with Crippen molar-refractivity contribution in [1.29, 1.82) is 0 Å². The summed E-state index contributed by atoms with van der Waals surface area (Å²) in [5.74, 6) is 1.38. The Morgan fingerprint density at radius 2 is 1.67 bits per heavy atom. The molecule has 2 aromatic rings. The van der Waals surface area contributed by atoms with Crippen molar-refractivity contribution in [2.24, 2.45) is 0 Å². The van der Waals surface area contributed by atoms with E-state index in [1.54, 1.807) is 51.7 Å². The standard InChI is InChI=1S/C18H16ClNO4/c1-22-15-7-10(8-16(23-2)17(15)24-3)6-13-12-5-4-11(19)9-14(12)20-18(13)21/h4-9H,1-3H3,(H,20,21)/b13-6+. The minimum Gasteiger partial charge on any atom is -0.493 e. The van der Waals surface area contributed by atoms with Crippen molar-refractivity contribution >= 4 is 34.8 Å². The van der Waals surface area contributed by atoms with Gasteiger partial charge in [0.05, 0.1) is 27.0 Å². The Kier molecular flexibility index (Phi) is 4.36. The Morgan fingerprint density at radius 3 is 2.25 bits per heavy atom. The van der Waals surface area contributed by atoms with Crippen LogP contribution in [0.5, 0.6) is 17.2 Å². The fraction of sp³-hybridized carbons (Fsp3) is 0.167. The van der Waals surface area contributed by atoms with E-state index in [-0.39, 0.29) is 5.91 Å². The molecule has 5 nitrogen and oxygen atoms in total. The van der Waals surface area contributed by atoms with E-state index in [4.69, 9.17) is 25.8 Å². The summed E-state index contributed by atoms with van der Waals surface area (Å²) < 4.78 is 16.0. The summed E-state index contributed by atoms with van der Waals surface area (Å²) in [5, 5.41) is 3.38. The topological polar surface area (TPSA) is 56.8 Å². The van der Waals surface area contributed by atoms with Crippen LogP contribution in [0.15, 0.2) is 30.3 Å². The van der Waals surface area contributed by atoms with E-state index in [1.807, 2.05) is 6.07 Å². The van der Waals surface area contributed by atoms with Crippen molar-refractivity contribution in [2.75, 3.05) is 26.6 Å². The molecule has 0 aliphatic carbocycles. The number of carbonyl (C=O) groups is 1. The quantitative estimate of drug-likeness (QED) is 0.855. The number of carbonyl (C=O) groups excluding carboxylic acids is 1. The Bertz CT molecular complexity index is 820. The molecule has 0 saturated carbocycles. The third-order valence-corrected chi connectivity index (χ3v) is 4.00. The molecule has 0 atom stereocenters. The van der Waals surface area contributed by atoms with Crippen LogP contribution in [-0.4, -0.2) is 27.2 Å². The van der Waals surface area contributed by atoms with Crippen LogP contribution >= 0.6 is 11.6 Å². The van der Waals surface area contributed by atoms with Crippen LogP contribution in [-0.2, 0) is 4.79 Å². The minimum absolute atomic E-state index is 0.180. The summed E-state index contributed by atoms with van der Waals surface area (Å²) in [4.78, 5) is 12.3. The van der Waals surface area contributed by atoms with Gasteiger partial charge in [0.2, 0.25) is 5.75 Å². The molecule has 2 aromatic carbocycles. The first-order valence-electron chi connectivity index (χ1n) is 7.20. The molecule has 1 aliphatic rings. The lowest BCUT2D eigenvalue weighted by atomic mass is 10.0. The Labute approximate surface area is 144 Å². The van der Waals surface area contributed by atoms with Gasteiger partial charge in [-0.2, -0.15) is 0 Å². The zero-order chi connectivity index (χ0) is 17.3. The lowest BCUT2D eigenvalue weighted by molar-refractivity contribution is -0.110. The molecule has 0 fully saturated rings. The van der Waals surface area contributed by atoms with Crippen molar-refractivity contribution in [2.45, 2.75) is 0 Å². The smallest absolute Gasteiger partial charge is 0.256 e. The average molecular weight is 346 g/mol. The Morgan fingerprint density at radius 1 is 1.00 bits per heavy atom. The number of nitrogens with one attached hydrogen (secondary N) is 1. The zero-order valence-electron chi connectivity index (χ0n) is 13.5. The first-order chi connectivity index (χ1) is 11.6. The molecule has 0 aromatic heterocycles. The number of hydrogen-bond donors (Lipinski definition) is 1. The van der Waals surface area contributed by atoms with E-state index in [0.29, 0.717) is 33.5 Å². The van der Waals surface area contributed by atoms with Crippen molar-refractivity contribution in [3.8, 4) is 17.2 Å². The molecule has 3 rings (SSSR count). The van der Waals surface area contributed by atoms with Crippen LogP contribution in [0, 0.1) is 0 Å². The molecule has 1 amide bonds. The molecule has 0 saturated heterocycles. The van der Waals surface area contributed by atoms with Crippen molar-refractivity contribution in [1.82, 2.24) is 0 Å². The van der Waals surface area contributed by atoms with Gasteiger partial charge >= 0.3 is 0 Å². The van der Waals surface area contributed by atoms with Crippen LogP contribution < -0.4 is 19.5 Å². The summed E-state index contributed by atoms with van der Waals surface area (Å²) in [6.07, 6.45) is 1.78. The number of amides is 1. The number of fused-ring (bicyclic) bond motifs is 1. The molecular weight excluding hydrogens is 330 g/mol. The van der Waals surface area contributed by atoms with Gasteiger partial charge in [-0.1, -0.05) is 17.7 Å². The highest BCUT2D eigenvalue weighted by Crippen LogP contribution is 2.40. The Hall–Kier alpha value is -2.66. The van der Waals surface area contributed by atoms with Gasteiger partial charge in [-0.25, -0.2) is 0 Å². The number of halogens is 1. The lowest BCUT2D eigenvalue weighted by Gasteiger charge is -2.13. The monoisotopic (exact) mass is 345 g/mol. The summed E-state index contributed by atoms with van der Waals surface area (Å²) in [5.41, 5.74) is 2.82. The molecule has 124 valence electrons. The van der Waals surface area contributed by atoms with E-state index in [1.165, 1.54) is 0 Å². The zero-order valence-corrected chi connectivity index (χ0v) is 14.2. The van der Waals surface area contributed by atoms with Gasteiger partial charge in [0.25, 0.3) is 5.91 Å². The summed E-state index contributed by atoms with van der Waals surface area (Å²) in [6.45, 7) is 0. The SMILES string of the molecule is COc1cc(/C=C2/C(=O)Nc3cc(Cl)ccc32)cc(OC)c1OC. The first-order valence-corrected chi connectivity index (χ1v) is 7.58. The number of anilines is 1. The predicted octanol–water partition coefficient (Wildman–Crippen LogP) is 3.86. The van der Waals surface area contributed by atoms with Gasteiger partial charge in [0.1, 0.15) is 0 Å². The third kappa shape index (κ3) is 2.78. The first kappa shape index (κ1) is 16.2. The Balaban J connectivity index is 2.11. The van der Waals surface area contributed by atoms with E-state index in [0.717, 1.165) is 11.1 Å². The van der Waals surface area contributed by atoms with E-state index >= 15 is 0 Å². The molecule has 1 aliphatic heterocycles. The molecule has 0 radical (unpaired) electrons. The maximum Gasteiger partial charge on any atom is 0.256 e. The highest BCUT2D eigenvalue weighted by Gasteiger charge is 2.24. The molecule has 1 N–H and O–H groups in total. The van der Waals surface area contributed by atoms with Crippen LogP contribution in [0.1, 0.15) is 11.1 Å². The maximum absolute atomic E-state index is 12.3. The fourth-order valence-corrected chi connectivity index (χ4v) is 2.83. The molecule has 1 heterocycles. The van der Waals surface area contributed by atoms with Crippen molar-refractivity contribution in [3.63, 3.8) is 0 Å². The fourth-order valence-electron chi connectivity index (χ4n) is 2.66. The number of rotatable bonds is 4. The lowest BCUT2D eigenvalue weighted by Crippen LogP contribution is -2.03. The van der Waals surface area contributed by atoms with Gasteiger partial charge < -0.3 is 19.5 Å². The van der Waals surface area contributed by atoms with Crippen LogP contribution in [0.2, 0.25) is 5.02 Å². The van der Waals surface area contributed by atoms with Gasteiger partial charge in [-0.3, -0.25) is 4.79 Å².